The Hall–Kier alpha value is -3.20. The number of rotatable bonds is 6. The first kappa shape index (κ1) is 21.5. The summed E-state index contributed by atoms with van der Waals surface area (Å²) in [6.45, 7) is 6.17. The average molecular weight is 415 g/mol. The van der Waals surface area contributed by atoms with Crippen LogP contribution in [0, 0.1) is 5.82 Å². The van der Waals surface area contributed by atoms with E-state index in [2.05, 4.69) is 15.6 Å². The lowest BCUT2D eigenvalue weighted by Gasteiger charge is -2.37. The summed E-state index contributed by atoms with van der Waals surface area (Å²) in [6.07, 6.45) is 1.61. The lowest BCUT2D eigenvalue weighted by molar-refractivity contribution is -0.121. The van der Waals surface area contributed by atoms with Crippen LogP contribution in [0.25, 0.3) is 0 Å². The molecule has 8 nitrogen and oxygen atoms in total. The summed E-state index contributed by atoms with van der Waals surface area (Å²) in [7, 11) is 0. The Morgan fingerprint density at radius 1 is 1.17 bits per heavy atom. The lowest BCUT2D eigenvalue weighted by Crippen LogP contribution is -2.54. The van der Waals surface area contributed by atoms with Gasteiger partial charge in [-0.3, -0.25) is 9.69 Å². The Morgan fingerprint density at radius 2 is 1.93 bits per heavy atom. The minimum Gasteiger partial charge on any atom is -0.476 e. The van der Waals surface area contributed by atoms with Crippen molar-refractivity contribution in [2.24, 2.45) is 0 Å². The minimum absolute atomic E-state index is 0.213. The summed E-state index contributed by atoms with van der Waals surface area (Å²) in [5.74, 6) is -0.231. The SMILES string of the molecule is CCOc1ncccc1NC(=O)N1CCN(C(C)C(=O)Nc2cccc(F)c2)CC1. The van der Waals surface area contributed by atoms with Gasteiger partial charge < -0.3 is 20.3 Å². The van der Waals surface area contributed by atoms with Gasteiger partial charge in [-0.25, -0.2) is 14.2 Å². The van der Waals surface area contributed by atoms with Gasteiger partial charge in [0.1, 0.15) is 11.5 Å². The molecule has 30 heavy (non-hydrogen) atoms. The Morgan fingerprint density at radius 3 is 2.63 bits per heavy atom. The summed E-state index contributed by atoms with van der Waals surface area (Å²) >= 11 is 0. The number of nitrogens with zero attached hydrogens (tertiary/aromatic N) is 3. The average Bonchev–Trinajstić information content (AvgIpc) is 2.75. The fourth-order valence-electron chi connectivity index (χ4n) is 3.22. The fourth-order valence-corrected chi connectivity index (χ4v) is 3.22. The number of ether oxygens (including phenoxy) is 1. The number of carbonyl (C=O) groups excluding carboxylic acids is 2. The molecule has 1 saturated heterocycles. The Bertz CT molecular complexity index is 886. The van der Waals surface area contributed by atoms with E-state index in [0.717, 1.165) is 0 Å². The molecule has 0 bridgehead atoms. The minimum atomic E-state index is -0.402. The summed E-state index contributed by atoms with van der Waals surface area (Å²) in [6, 6.07) is 8.63. The number of carbonyl (C=O) groups is 2. The molecule has 1 atom stereocenters. The Kier molecular flexibility index (Phi) is 7.18. The van der Waals surface area contributed by atoms with Crippen LogP contribution < -0.4 is 15.4 Å². The first-order valence-electron chi connectivity index (χ1n) is 9.92. The van der Waals surface area contributed by atoms with Crippen molar-refractivity contribution in [3.63, 3.8) is 0 Å². The third-order valence-corrected chi connectivity index (χ3v) is 4.91. The van der Waals surface area contributed by atoms with E-state index in [-0.39, 0.29) is 11.9 Å². The van der Waals surface area contributed by atoms with E-state index >= 15 is 0 Å². The molecule has 1 aliphatic heterocycles. The number of pyridine rings is 1. The van der Waals surface area contributed by atoms with Gasteiger partial charge in [0.15, 0.2) is 0 Å². The van der Waals surface area contributed by atoms with Gasteiger partial charge >= 0.3 is 6.03 Å². The van der Waals surface area contributed by atoms with Crippen LogP contribution in [0.4, 0.5) is 20.6 Å². The molecule has 160 valence electrons. The Labute approximate surface area is 175 Å². The van der Waals surface area contributed by atoms with E-state index in [1.807, 2.05) is 11.8 Å². The number of nitrogens with one attached hydrogen (secondary N) is 2. The normalized spacial score (nSPS) is 15.4. The van der Waals surface area contributed by atoms with Crippen molar-refractivity contribution < 1.29 is 18.7 Å². The van der Waals surface area contributed by atoms with Crippen LogP contribution in [0.3, 0.4) is 0 Å². The predicted octanol–water partition coefficient (Wildman–Crippen LogP) is 2.80. The van der Waals surface area contributed by atoms with Crippen molar-refractivity contribution in [2.75, 3.05) is 43.4 Å². The summed E-state index contributed by atoms with van der Waals surface area (Å²) in [5, 5.41) is 5.57. The fraction of sp³-hybridized carbons (Fsp3) is 0.381. The van der Waals surface area contributed by atoms with Gasteiger partial charge in [0, 0.05) is 38.1 Å². The molecule has 9 heteroatoms. The molecule has 1 aliphatic rings. The highest BCUT2D eigenvalue weighted by Gasteiger charge is 2.28. The maximum Gasteiger partial charge on any atom is 0.322 e. The third-order valence-electron chi connectivity index (χ3n) is 4.91. The second-order valence-corrected chi connectivity index (χ2v) is 6.92. The van der Waals surface area contributed by atoms with E-state index in [1.165, 1.54) is 12.1 Å². The molecule has 0 spiro atoms. The number of halogens is 1. The van der Waals surface area contributed by atoms with Crippen molar-refractivity contribution in [3.05, 3.63) is 48.4 Å². The first-order valence-corrected chi connectivity index (χ1v) is 9.92. The maximum atomic E-state index is 13.3. The lowest BCUT2D eigenvalue weighted by atomic mass is 10.2. The molecule has 3 amide bonds. The second-order valence-electron chi connectivity index (χ2n) is 6.92. The number of hydrogen-bond donors (Lipinski definition) is 2. The summed E-state index contributed by atoms with van der Waals surface area (Å²) in [5.41, 5.74) is 0.945. The van der Waals surface area contributed by atoms with Gasteiger partial charge in [-0.05, 0) is 44.2 Å². The van der Waals surface area contributed by atoms with Crippen LogP contribution in [-0.2, 0) is 4.79 Å². The molecular weight excluding hydrogens is 389 g/mol. The molecule has 1 aromatic heterocycles. The molecule has 2 N–H and O–H groups in total. The molecular formula is C21H26FN5O3. The molecule has 0 radical (unpaired) electrons. The van der Waals surface area contributed by atoms with Crippen molar-refractivity contribution >= 4 is 23.3 Å². The largest absolute Gasteiger partial charge is 0.476 e. The highest BCUT2D eigenvalue weighted by Crippen LogP contribution is 2.21. The van der Waals surface area contributed by atoms with Gasteiger partial charge in [0.05, 0.1) is 12.6 Å². The monoisotopic (exact) mass is 415 g/mol. The van der Waals surface area contributed by atoms with Gasteiger partial charge in [0.25, 0.3) is 0 Å². The number of hydrogen-bond acceptors (Lipinski definition) is 5. The third kappa shape index (κ3) is 5.44. The smallest absolute Gasteiger partial charge is 0.322 e. The molecule has 3 rings (SSSR count). The number of urea groups is 1. The zero-order valence-electron chi connectivity index (χ0n) is 17.1. The molecule has 1 fully saturated rings. The van der Waals surface area contributed by atoms with Crippen molar-refractivity contribution in [1.82, 2.24) is 14.8 Å². The zero-order chi connectivity index (χ0) is 21.5. The molecule has 2 aromatic rings. The van der Waals surface area contributed by atoms with Crippen LogP contribution in [0.2, 0.25) is 0 Å². The zero-order valence-corrected chi connectivity index (χ0v) is 17.1. The van der Waals surface area contributed by atoms with Crippen molar-refractivity contribution in [1.29, 1.82) is 0 Å². The van der Waals surface area contributed by atoms with Crippen LogP contribution in [0.15, 0.2) is 42.6 Å². The van der Waals surface area contributed by atoms with Crippen molar-refractivity contribution in [2.45, 2.75) is 19.9 Å². The van der Waals surface area contributed by atoms with E-state index in [0.29, 0.717) is 50.0 Å². The quantitative estimate of drug-likeness (QED) is 0.758. The van der Waals surface area contributed by atoms with Gasteiger partial charge in [-0.15, -0.1) is 0 Å². The highest BCUT2D eigenvalue weighted by molar-refractivity contribution is 5.94. The summed E-state index contributed by atoms with van der Waals surface area (Å²) in [4.78, 5) is 32.9. The van der Waals surface area contributed by atoms with Crippen LogP contribution in [0.5, 0.6) is 5.88 Å². The van der Waals surface area contributed by atoms with Crippen LogP contribution in [-0.4, -0.2) is 65.5 Å². The number of anilines is 2. The molecule has 0 aliphatic carbocycles. The standard InChI is InChI=1S/C21H26FN5O3/c1-3-30-20-18(8-5-9-23-20)25-21(29)27-12-10-26(11-13-27)15(2)19(28)24-17-7-4-6-16(22)14-17/h4-9,14-15H,3,10-13H2,1-2H3,(H,24,28)(H,25,29). The highest BCUT2D eigenvalue weighted by atomic mass is 19.1. The number of benzene rings is 1. The maximum absolute atomic E-state index is 13.3. The van der Waals surface area contributed by atoms with E-state index < -0.39 is 11.9 Å². The Balaban J connectivity index is 1.51. The number of piperazine rings is 1. The second kappa shape index (κ2) is 10.0. The first-order chi connectivity index (χ1) is 14.5. The number of amides is 3. The van der Waals surface area contributed by atoms with Gasteiger partial charge in [-0.2, -0.15) is 0 Å². The van der Waals surface area contributed by atoms with Gasteiger partial charge in [0.2, 0.25) is 11.8 Å². The topological polar surface area (TPSA) is 86.8 Å². The molecule has 1 unspecified atom stereocenters. The van der Waals surface area contributed by atoms with Crippen LogP contribution >= 0.6 is 0 Å². The number of aromatic nitrogens is 1. The molecule has 2 heterocycles. The molecule has 1 aromatic carbocycles. The molecule has 0 saturated carbocycles. The van der Waals surface area contributed by atoms with Gasteiger partial charge in [-0.1, -0.05) is 6.07 Å². The van der Waals surface area contributed by atoms with Crippen LogP contribution in [0.1, 0.15) is 13.8 Å². The predicted molar refractivity (Wildman–Crippen MR) is 112 cm³/mol. The van der Waals surface area contributed by atoms with Crippen molar-refractivity contribution in [3.8, 4) is 5.88 Å². The summed E-state index contributed by atoms with van der Waals surface area (Å²) < 4.78 is 18.7. The van der Waals surface area contributed by atoms with E-state index in [9.17, 15) is 14.0 Å². The van der Waals surface area contributed by atoms with E-state index in [4.69, 9.17) is 4.74 Å². The van der Waals surface area contributed by atoms with E-state index in [1.54, 1.807) is 42.3 Å².